The monoisotopic (exact) mass is 364 g/mol. The van der Waals surface area contributed by atoms with Crippen LogP contribution in [0.15, 0.2) is 18.2 Å². The van der Waals surface area contributed by atoms with Crippen molar-refractivity contribution >= 4 is 40.8 Å². The summed E-state index contributed by atoms with van der Waals surface area (Å²) in [5.41, 5.74) is 0.423. The Hall–Kier alpha value is -2.08. The zero-order chi connectivity index (χ0) is 18.4. The van der Waals surface area contributed by atoms with E-state index < -0.39 is 23.2 Å². The number of hydrogen-bond donors (Lipinski definition) is 3. The third-order valence-corrected chi connectivity index (χ3v) is 5.66. The Kier molecular flexibility index (Phi) is 4.49. The molecule has 0 heterocycles. The van der Waals surface area contributed by atoms with Gasteiger partial charge in [0.25, 0.3) is 0 Å². The van der Waals surface area contributed by atoms with Crippen molar-refractivity contribution < 1.29 is 19.5 Å². The first-order chi connectivity index (χ1) is 11.7. The number of carboxylic acid groups (broad SMARTS) is 1. The third-order valence-electron chi connectivity index (χ3n) is 5.35. The second-order valence-electron chi connectivity index (χ2n) is 7.42. The van der Waals surface area contributed by atoms with Crippen LogP contribution in [0.3, 0.4) is 0 Å². The summed E-state index contributed by atoms with van der Waals surface area (Å²) in [4.78, 5) is 35.5. The van der Waals surface area contributed by atoms with Crippen molar-refractivity contribution in [2.45, 2.75) is 33.1 Å². The SMILES string of the molecule is CC1(C)[C@H](C(=O)Nc2ccc(NC(=O)C3CCC3)c(Cl)c2)[C@@H]1C(=O)O. The number of amides is 2. The number of carbonyl (C=O) groups excluding carboxylic acids is 2. The molecule has 2 aliphatic carbocycles. The first kappa shape index (κ1) is 17.7. The first-order valence-corrected chi connectivity index (χ1v) is 8.73. The summed E-state index contributed by atoms with van der Waals surface area (Å²) in [6.45, 7) is 3.53. The van der Waals surface area contributed by atoms with Crippen LogP contribution in [0.5, 0.6) is 0 Å². The summed E-state index contributed by atoms with van der Waals surface area (Å²) in [5, 5.41) is 15.0. The Morgan fingerprint density at radius 2 is 1.80 bits per heavy atom. The zero-order valence-corrected chi connectivity index (χ0v) is 14.9. The molecule has 0 radical (unpaired) electrons. The van der Waals surface area contributed by atoms with Gasteiger partial charge in [0.05, 0.1) is 22.5 Å². The van der Waals surface area contributed by atoms with Crippen molar-refractivity contribution in [3.05, 3.63) is 23.2 Å². The van der Waals surface area contributed by atoms with E-state index >= 15 is 0 Å². The lowest BCUT2D eigenvalue weighted by Crippen LogP contribution is -2.28. The van der Waals surface area contributed by atoms with Gasteiger partial charge in [0, 0.05) is 11.6 Å². The van der Waals surface area contributed by atoms with E-state index in [1.807, 2.05) is 0 Å². The number of carboxylic acids is 1. The fourth-order valence-electron chi connectivity index (χ4n) is 3.41. The van der Waals surface area contributed by atoms with Crippen molar-refractivity contribution in [1.29, 1.82) is 0 Å². The number of aliphatic carboxylic acids is 1. The number of hydrogen-bond acceptors (Lipinski definition) is 3. The van der Waals surface area contributed by atoms with Crippen LogP contribution in [0, 0.1) is 23.2 Å². The molecule has 0 bridgehead atoms. The van der Waals surface area contributed by atoms with Crippen molar-refractivity contribution in [3.63, 3.8) is 0 Å². The van der Waals surface area contributed by atoms with Crippen molar-refractivity contribution in [2.75, 3.05) is 10.6 Å². The van der Waals surface area contributed by atoms with Gasteiger partial charge in [-0.3, -0.25) is 14.4 Å². The van der Waals surface area contributed by atoms with Gasteiger partial charge in [-0.25, -0.2) is 0 Å². The summed E-state index contributed by atoms with van der Waals surface area (Å²) >= 11 is 6.19. The normalized spacial score (nSPS) is 24.1. The molecule has 0 aliphatic heterocycles. The number of anilines is 2. The average molecular weight is 365 g/mol. The van der Waals surface area contributed by atoms with Gasteiger partial charge in [0.1, 0.15) is 0 Å². The minimum absolute atomic E-state index is 0.0334. The summed E-state index contributed by atoms with van der Waals surface area (Å²) < 4.78 is 0. The summed E-state index contributed by atoms with van der Waals surface area (Å²) in [6, 6.07) is 4.84. The Morgan fingerprint density at radius 3 is 2.28 bits per heavy atom. The number of halogens is 1. The Bertz CT molecular complexity index is 743. The lowest BCUT2D eigenvalue weighted by Gasteiger charge is -2.24. The molecule has 134 valence electrons. The average Bonchev–Trinajstić information content (AvgIpc) is 3.03. The molecule has 25 heavy (non-hydrogen) atoms. The van der Waals surface area contributed by atoms with Crippen LogP contribution < -0.4 is 10.6 Å². The largest absolute Gasteiger partial charge is 0.481 e. The molecule has 3 rings (SSSR count). The molecule has 6 nitrogen and oxygen atoms in total. The summed E-state index contributed by atoms with van der Waals surface area (Å²) in [5.74, 6) is -2.52. The summed E-state index contributed by atoms with van der Waals surface area (Å²) in [7, 11) is 0. The van der Waals surface area contributed by atoms with Gasteiger partial charge >= 0.3 is 5.97 Å². The minimum atomic E-state index is -0.961. The Labute approximate surface area is 150 Å². The molecular formula is C18H21ClN2O4. The summed E-state index contributed by atoms with van der Waals surface area (Å²) in [6.07, 6.45) is 2.88. The Balaban J connectivity index is 1.64. The van der Waals surface area contributed by atoms with Gasteiger partial charge in [-0.1, -0.05) is 31.9 Å². The van der Waals surface area contributed by atoms with Crippen molar-refractivity contribution in [3.8, 4) is 0 Å². The van der Waals surface area contributed by atoms with Crippen LogP contribution >= 0.6 is 11.6 Å². The first-order valence-electron chi connectivity index (χ1n) is 8.36. The fraction of sp³-hybridized carbons (Fsp3) is 0.500. The minimum Gasteiger partial charge on any atom is -0.481 e. The molecule has 7 heteroatoms. The van der Waals surface area contributed by atoms with E-state index in [1.54, 1.807) is 32.0 Å². The molecule has 0 unspecified atom stereocenters. The van der Waals surface area contributed by atoms with Gasteiger partial charge in [-0.2, -0.15) is 0 Å². The second-order valence-corrected chi connectivity index (χ2v) is 7.82. The van der Waals surface area contributed by atoms with Crippen LogP contribution in [0.25, 0.3) is 0 Å². The third kappa shape index (κ3) is 3.35. The highest BCUT2D eigenvalue weighted by atomic mass is 35.5. The molecule has 1 aromatic rings. The molecule has 0 aromatic heterocycles. The van der Waals surface area contributed by atoms with E-state index in [0.717, 1.165) is 19.3 Å². The standard InChI is InChI=1S/C18H21ClN2O4/c1-18(2)13(14(18)17(24)25)16(23)20-10-6-7-12(11(19)8-10)21-15(22)9-4-3-5-9/h6-9,13-14H,3-5H2,1-2H3,(H,20,23)(H,21,22)(H,24,25)/t13-,14+/m0/s1. The molecule has 0 spiro atoms. The molecule has 1 aromatic carbocycles. The predicted octanol–water partition coefficient (Wildman–Crippen LogP) is 3.37. The lowest BCUT2D eigenvalue weighted by molar-refractivity contribution is -0.140. The van der Waals surface area contributed by atoms with E-state index in [0.29, 0.717) is 16.4 Å². The second kappa shape index (κ2) is 6.33. The molecule has 2 aliphatic rings. The van der Waals surface area contributed by atoms with E-state index in [1.165, 1.54) is 0 Å². The van der Waals surface area contributed by atoms with Gasteiger partial charge < -0.3 is 15.7 Å². The van der Waals surface area contributed by atoms with E-state index in [4.69, 9.17) is 16.7 Å². The van der Waals surface area contributed by atoms with Gasteiger partial charge in [-0.05, 0) is 36.5 Å². The van der Waals surface area contributed by atoms with Gasteiger partial charge in [-0.15, -0.1) is 0 Å². The maximum atomic E-state index is 12.3. The van der Waals surface area contributed by atoms with Crippen LogP contribution in [-0.2, 0) is 14.4 Å². The maximum absolute atomic E-state index is 12.3. The van der Waals surface area contributed by atoms with Gasteiger partial charge in [0.2, 0.25) is 11.8 Å². The van der Waals surface area contributed by atoms with Crippen LogP contribution in [0.2, 0.25) is 5.02 Å². The molecule has 3 N–H and O–H groups in total. The van der Waals surface area contributed by atoms with Crippen molar-refractivity contribution in [1.82, 2.24) is 0 Å². The highest BCUT2D eigenvalue weighted by Crippen LogP contribution is 2.58. The maximum Gasteiger partial charge on any atom is 0.307 e. The highest BCUT2D eigenvalue weighted by Gasteiger charge is 2.65. The van der Waals surface area contributed by atoms with Gasteiger partial charge in [0.15, 0.2) is 0 Å². The zero-order valence-electron chi connectivity index (χ0n) is 14.1. The van der Waals surface area contributed by atoms with Crippen LogP contribution in [-0.4, -0.2) is 22.9 Å². The molecule has 2 atom stereocenters. The number of carbonyl (C=O) groups is 3. The predicted molar refractivity (Wildman–Crippen MR) is 94.4 cm³/mol. The lowest BCUT2D eigenvalue weighted by atomic mass is 9.85. The van der Waals surface area contributed by atoms with Crippen LogP contribution in [0.4, 0.5) is 11.4 Å². The molecule has 2 fully saturated rings. The smallest absolute Gasteiger partial charge is 0.307 e. The number of benzene rings is 1. The topological polar surface area (TPSA) is 95.5 Å². The van der Waals surface area contributed by atoms with Crippen LogP contribution in [0.1, 0.15) is 33.1 Å². The molecule has 0 saturated heterocycles. The number of nitrogens with one attached hydrogen (secondary N) is 2. The molecule has 2 amide bonds. The van der Waals surface area contributed by atoms with E-state index in [-0.39, 0.29) is 17.7 Å². The highest BCUT2D eigenvalue weighted by molar-refractivity contribution is 6.34. The van der Waals surface area contributed by atoms with E-state index in [9.17, 15) is 14.4 Å². The van der Waals surface area contributed by atoms with E-state index in [2.05, 4.69) is 10.6 Å². The molecular weight excluding hydrogens is 344 g/mol. The fourth-order valence-corrected chi connectivity index (χ4v) is 3.64. The van der Waals surface area contributed by atoms with Crippen molar-refractivity contribution in [2.24, 2.45) is 23.2 Å². The number of rotatable bonds is 5. The Morgan fingerprint density at radius 1 is 1.12 bits per heavy atom. The molecule has 2 saturated carbocycles. The quantitative estimate of drug-likeness (QED) is 0.746.